The third-order valence-electron chi connectivity index (χ3n) is 2.94. The van der Waals surface area contributed by atoms with Gasteiger partial charge in [-0.15, -0.1) is 0 Å². The highest BCUT2D eigenvalue weighted by molar-refractivity contribution is 5.72. The van der Waals surface area contributed by atoms with Gasteiger partial charge in [0.2, 0.25) is 0 Å². The number of nitrogens with two attached hydrogens (primary N) is 1. The van der Waals surface area contributed by atoms with Gasteiger partial charge in [0.05, 0.1) is 6.61 Å². The number of nitrogens with zero attached hydrogens (tertiary/aromatic N) is 1. The maximum absolute atomic E-state index is 10.5. The van der Waals surface area contributed by atoms with Gasteiger partial charge in [0.1, 0.15) is 6.04 Å². The van der Waals surface area contributed by atoms with E-state index in [1.807, 2.05) is 16.7 Å². The van der Waals surface area contributed by atoms with E-state index in [0.717, 1.165) is 30.8 Å². The molecule has 0 aliphatic carbocycles. The van der Waals surface area contributed by atoms with Gasteiger partial charge in [-0.3, -0.25) is 4.79 Å². The molecule has 0 spiro atoms. The Kier molecular flexibility index (Phi) is 5.61. The minimum absolute atomic E-state index is 0.0114. The summed E-state index contributed by atoms with van der Waals surface area (Å²) in [7, 11) is 0. The molecule has 0 saturated heterocycles. The van der Waals surface area contributed by atoms with E-state index in [9.17, 15) is 9.90 Å². The molecular weight excluding hydrogens is 232 g/mol. The lowest BCUT2D eigenvalue weighted by atomic mass is 10.1. The number of hydrogen-bond donors (Lipinski definition) is 3. The van der Waals surface area contributed by atoms with Gasteiger partial charge in [-0.1, -0.05) is 6.58 Å². The van der Waals surface area contributed by atoms with Gasteiger partial charge >= 0.3 is 5.97 Å². The maximum Gasteiger partial charge on any atom is 0.320 e. The zero-order valence-corrected chi connectivity index (χ0v) is 10.4. The molecule has 18 heavy (non-hydrogen) atoms. The molecule has 1 aromatic rings. The van der Waals surface area contributed by atoms with Gasteiger partial charge in [-0.05, 0) is 37.5 Å². The molecule has 1 unspecified atom stereocenters. The SMILES string of the molecule is C=Cc1ccc(CO)n1CCCCC(N)C(=O)O. The van der Waals surface area contributed by atoms with Crippen molar-refractivity contribution in [1.29, 1.82) is 0 Å². The number of aliphatic carboxylic acids is 1. The highest BCUT2D eigenvalue weighted by Gasteiger charge is 2.10. The third kappa shape index (κ3) is 3.72. The first-order chi connectivity index (χ1) is 8.60. The van der Waals surface area contributed by atoms with Crippen LogP contribution in [-0.4, -0.2) is 26.8 Å². The number of carboxylic acids is 1. The van der Waals surface area contributed by atoms with Gasteiger partial charge in [0.25, 0.3) is 0 Å². The molecule has 1 aromatic heterocycles. The summed E-state index contributed by atoms with van der Waals surface area (Å²) in [5.41, 5.74) is 7.23. The van der Waals surface area contributed by atoms with Gasteiger partial charge in [-0.25, -0.2) is 0 Å². The van der Waals surface area contributed by atoms with E-state index < -0.39 is 12.0 Å². The smallest absolute Gasteiger partial charge is 0.320 e. The van der Waals surface area contributed by atoms with E-state index in [1.54, 1.807) is 6.08 Å². The zero-order valence-electron chi connectivity index (χ0n) is 10.4. The Hall–Kier alpha value is -1.59. The van der Waals surface area contributed by atoms with Gasteiger partial charge in [0, 0.05) is 17.9 Å². The molecule has 0 aliphatic heterocycles. The molecule has 5 nitrogen and oxygen atoms in total. The van der Waals surface area contributed by atoms with Crippen LogP contribution in [0.4, 0.5) is 0 Å². The van der Waals surface area contributed by atoms with Crippen LogP contribution in [-0.2, 0) is 17.9 Å². The van der Waals surface area contributed by atoms with E-state index in [2.05, 4.69) is 6.58 Å². The number of rotatable bonds is 8. The van der Waals surface area contributed by atoms with E-state index in [1.165, 1.54) is 0 Å². The first-order valence-electron chi connectivity index (χ1n) is 6.00. The molecular formula is C13H20N2O3. The second-order valence-electron chi connectivity index (χ2n) is 4.20. The van der Waals surface area contributed by atoms with Crippen LogP contribution in [0.25, 0.3) is 6.08 Å². The van der Waals surface area contributed by atoms with Crippen LogP contribution in [0, 0.1) is 0 Å². The first-order valence-corrected chi connectivity index (χ1v) is 6.00. The highest BCUT2D eigenvalue weighted by atomic mass is 16.4. The molecule has 4 N–H and O–H groups in total. The summed E-state index contributed by atoms with van der Waals surface area (Å²) in [5, 5.41) is 17.8. The quantitative estimate of drug-likeness (QED) is 0.607. The van der Waals surface area contributed by atoms with Crippen LogP contribution < -0.4 is 5.73 Å². The summed E-state index contributed by atoms with van der Waals surface area (Å²) >= 11 is 0. The summed E-state index contributed by atoms with van der Waals surface area (Å²) in [4.78, 5) is 10.5. The number of aliphatic hydroxyl groups is 1. The molecule has 0 aliphatic rings. The van der Waals surface area contributed by atoms with Crippen LogP contribution in [0.1, 0.15) is 30.7 Å². The molecule has 0 amide bonds. The summed E-state index contributed by atoms with van der Waals surface area (Å²) in [6, 6.07) is 2.98. The Balaban J connectivity index is 2.46. The van der Waals surface area contributed by atoms with E-state index in [4.69, 9.17) is 10.8 Å². The van der Waals surface area contributed by atoms with Crippen molar-refractivity contribution in [1.82, 2.24) is 4.57 Å². The molecule has 1 rings (SSSR count). The predicted molar refractivity (Wildman–Crippen MR) is 69.9 cm³/mol. The largest absolute Gasteiger partial charge is 0.480 e. The van der Waals surface area contributed by atoms with Crippen molar-refractivity contribution in [2.24, 2.45) is 5.73 Å². The Morgan fingerprint density at radius 3 is 2.78 bits per heavy atom. The Bertz CT molecular complexity index is 412. The predicted octanol–water partition coefficient (Wildman–Crippen LogP) is 1.21. The van der Waals surface area contributed by atoms with Crippen LogP contribution in [0.5, 0.6) is 0 Å². The lowest BCUT2D eigenvalue weighted by Crippen LogP contribution is -2.29. The van der Waals surface area contributed by atoms with Crippen molar-refractivity contribution in [2.75, 3.05) is 0 Å². The van der Waals surface area contributed by atoms with Crippen molar-refractivity contribution in [2.45, 2.75) is 38.5 Å². The second kappa shape index (κ2) is 6.98. The number of aromatic nitrogens is 1. The highest BCUT2D eigenvalue weighted by Crippen LogP contribution is 2.13. The van der Waals surface area contributed by atoms with Crippen LogP contribution in [0.3, 0.4) is 0 Å². The Morgan fingerprint density at radius 2 is 2.22 bits per heavy atom. The number of carboxylic acid groups (broad SMARTS) is 1. The van der Waals surface area contributed by atoms with E-state index >= 15 is 0 Å². The lowest BCUT2D eigenvalue weighted by molar-refractivity contribution is -0.138. The molecule has 0 aromatic carbocycles. The minimum atomic E-state index is -0.959. The Labute approximate surface area is 107 Å². The van der Waals surface area contributed by atoms with Crippen LogP contribution in [0.2, 0.25) is 0 Å². The number of carbonyl (C=O) groups is 1. The number of aliphatic hydroxyl groups excluding tert-OH is 1. The molecule has 0 fully saturated rings. The molecule has 0 radical (unpaired) electrons. The summed E-state index contributed by atoms with van der Waals surface area (Å²) in [6.07, 6.45) is 3.77. The summed E-state index contributed by atoms with van der Waals surface area (Å²) < 4.78 is 1.99. The standard InChI is InChI=1S/C13H20N2O3/c1-2-10-6-7-11(9-16)15(10)8-4-3-5-12(14)13(17)18/h2,6-7,12,16H,1,3-5,8-9,14H2,(H,17,18). The zero-order chi connectivity index (χ0) is 13.5. The second-order valence-corrected chi connectivity index (χ2v) is 4.20. The number of hydrogen-bond acceptors (Lipinski definition) is 3. The van der Waals surface area contributed by atoms with Crippen LogP contribution >= 0.6 is 0 Å². The van der Waals surface area contributed by atoms with Crippen molar-refractivity contribution in [3.63, 3.8) is 0 Å². The average molecular weight is 252 g/mol. The lowest BCUT2D eigenvalue weighted by Gasteiger charge is -2.11. The van der Waals surface area contributed by atoms with Crippen molar-refractivity contribution in [3.05, 3.63) is 30.1 Å². The Morgan fingerprint density at radius 1 is 1.50 bits per heavy atom. The summed E-state index contributed by atoms with van der Waals surface area (Å²) in [5.74, 6) is -0.959. The summed E-state index contributed by atoms with van der Waals surface area (Å²) in [6.45, 7) is 4.44. The fourth-order valence-electron chi connectivity index (χ4n) is 1.87. The fraction of sp³-hybridized carbons (Fsp3) is 0.462. The monoisotopic (exact) mass is 252 g/mol. The molecule has 1 atom stereocenters. The van der Waals surface area contributed by atoms with Crippen molar-refractivity contribution >= 4 is 12.0 Å². The van der Waals surface area contributed by atoms with Crippen molar-refractivity contribution in [3.8, 4) is 0 Å². The minimum Gasteiger partial charge on any atom is -0.480 e. The van der Waals surface area contributed by atoms with Crippen molar-refractivity contribution < 1.29 is 15.0 Å². The topological polar surface area (TPSA) is 88.5 Å². The fourth-order valence-corrected chi connectivity index (χ4v) is 1.87. The third-order valence-corrected chi connectivity index (χ3v) is 2.94. The molecule has 5 heteroatoms. The maximum atomic E-state index is 10.5. The normalized spacial score (nSPS) is 12.3. The number of unbranched alkanes of at least 4 members (excludes halogenated alkanes) is 1. The van der Waals surface area contributed by atoms with Gasteiger partial charge < -0.3 is 20.5 Å². The molecule has 0 bridgehead atoms. The van der Waals surface area contributed by atoms with Crippen LogP contribution in [0.15, 0.2) is 18.7 Å². The van der Waals surface area contributed by atoms with E-state index in [0.29, 0.717) is 6.42 Å². The van der Waals surface area contributed by atoms with E-state index in [-0.39, 0.29) is 6.61 Å². The molecule has 0 saturated carbocycles. The average Bonchev–Trinajstić information content (AvgIpc) is 2.76. The molecule has 100 valence electrons. The first kappa shape index (κ1) is 14.5. The van der Waals surface area contributed by atoms with Gasteiger partial charge in [-0.2, -0.15) is 0 Å². The van der Waals surface area contributed by atoms with Gasteiger partial charge in [0.15, 0.2) is 0 Å². The molecule has 1 heterocycles.